The quantitative estimate of drug-likeness (QED) is 0.592. The molecule has 100 valence electrons. The number of carbonyl (C=O) groups excluding carboxylic acids is 1. The van der Waals surface area contributed by atoms with Crippen molar-refractivity contribution in [3.63, 3.8) is 0 Å². The first-order chi connectivity index (χ1) is 8.49. The van der Waals surface area contributed by atoms with Crippen molar-refractivity contribution in [2.45, 2.75) is 32.7 Å². The molecule has 0 saturated heterocycles. The number of ketones is 1. The molecule has 2 N–H and O–H groups in total. The molecular weight excluding hydrogens is 236 g/mol. The number of benzene rings is 1. The van der Waals surface area contributed by atoms with Crippen LogP contribution in [0.15, 0.2) is 18.2 Å². The van der Waals surface area contributed by atoms with Crippen LogP contribution in [0.25, 0.3) is 0 Å². The number of aliphatic hydroxyl groups excluding tert-OH is 2. The molecule has 0 bridgehead atoms. The fourth-order valence-electron chi connectivity index (χ4n) is 1.37. The fraction of sp³-hybridized carbons (Fsp3) is 0.462. The van der Waals surface area contributed by atoms with Gasteiger partial charge >= 0.3 is 0 Å². The molecule has 5 nitrogen and oxygen atoms in total. The van der Waals surface area contributed by atoms with Gasteiger partial charge in [-0.1, -0.05) is 6.92 Å². The fourth-order valence-corrected chi connectivity index (χ4v) is 1.37. The second kappa shape index (κ2) is 6.37. The number of hydrogen-bond acceptors (Lipinski definition) is 5. The third-order valence-corrected chi connectivity index (χ3v) is 2.47. The van der Waals surface area contributed by atoms with Gasteiger partial charge in [0.1, 0.15) is 6.10 Å². The van der Waals surface area contributed by atoms with E-state index in [2.05, 4.69) is 0 Å². The van der Waals surface area contributed by atoms with E-state index in [-0.39, 0.29) is 11.5 Å². The van der Waals surface area contributed by atoms with Crippen LogP contribution in [0.3, 0.4) is 0 Å². The van der Waals surface area contributed by atoms with Crippen molar-refractivity contribution in [2.75, 3.05) is 7.11 Å². The van der Waals surface area contributed by atoms with Crippen molar-refractivity contribution in [3.8, 4) is 11.5 Å². The van der Waals surface area contributed by atoms with Gasteiger partial charge in [-0.3, -0.25) is 4.79 Å². The van der Waals surface area contributed by atoms with Crippen LogP contribution >= 0.6 is 0 Å². The van der Waals surface area contributed by atoms with Crippen LogP contribution in [0.2, 0.25) is 0 Å². The molecule has 1 aromatic carbocycles. The van der Waals surface area contributed by atoms with Gasteiger partial charge in [-0.2, -0.15) is 0 Å². The SMILES string of the molecule is CCC(=O)c1ccc(OC(O)C(C)O)c(OC)c1. The van der Waals surface area contributed by atoms with Crippen LogP contribution < -0.4 is 9.47 Å². The highest BCUT2D eigenvalue weighted by Crippen LogP contribution is 2.29. The van der Waals surface area contributed by atoms with E-state index in [1.54, 1.807) is 19.1 Å². The van der Waals surface area contributed by atoms with Gasteiger partial charge in [0.15, 0.2) is 17.3 Å². The Morgan fingerprint density at radius 2 is 2.00 bits per heavy atom. The van der Waals surface area contributed by atoms with Gasteiger partial charge in [0.25, 0.3) is 0 Å². The summed E-state index contributed by atoms with van der Waals surface area (Å²) >= 11 is 0. The van der Waals surface area contributed by atoms with Crippen molar-refractivity contribution >= 4 is 5.78 Å². The minimum atomic E-state index is -1.34. The minimum absolute atomic E-state index is 0.00377. The maximum Gasteiger partial charge on any atom is 0.223 e. The van der Waals surface area contributed by atoms with Gasteiger partial charge in [0.05, 0.1) is 7.11 Å². The summed E-state index contributed by atoms with van der Waals surface area (Å²) in [5.74, 6) is 0.614. The summed E-state index contributed by atoms with van der Waals surface area (Å²) in [7, 11) is 1.44. The molecule has 2 atom stereocenters. The average molecular weight is 254 g/mol. The number of Topliss-reactive ketones (excluding diaryl/α,β-unsaturated/α-hetero) is 1. The Balaban J connectivity index is 2.97. The molecule has 0 heterocycles. The standard InChI is InChI=1S/C13H18O5/c1-4-10(15)9-5-6-11(12(7-9)17-3)18-13(16)8(2)14/h5-8,13-14,16H,4H2,1-3H3. The second-order valence-electron chi connectivity index (χ2n) is 3.89. The van der Waals surface area contributed by atoms with Crippen LogP contribution in [-0.4, -0.2) is 35.5 Å². The van der Waals surface area contributed by atoms with Crippen molar-refractivity contribution in [1.29, 1.82) is 0 Å². The number of hydrogen-bond donors (Lipinski definition) is 2. The van der Waals surface area contributed by atoms with E-state index in [4.69, 9.17) is 14.6 Å². The molecule has 0 amide bonds. The highest BCUT2D eigenvalue weighted by Gasteiger charge is 2.16. The largest absolute Gasteiger partial charge is 0.493 e. The first kappa shape index (κ1) is 14.5. The Kier molecular flexibility index (Phi) is 5.12. The first-order valence-electron chi connectivity index (χ1n) is 5.73. The molecule has 2 unspecified atom stereocenters. The zero-order valence-corrected chi connectivity index (χ0v) is 10.7. The third kappa shape index (κ3) is 3.45. The Morgan fingerprint density at radius 3 is 2.50 bits per heavy atom. The number of carbonyl (C=O) groups is 1. The molecule has 0 aromatic heterocycles. The van der Waals surface area contributed by atoms with Gasteiger partial charge in [-0.05, 0) is 25.1 Å². The summed E-state index contributed by atoms with van der Waals surface area (Å²) < 4.78 is 10.2. The molecule has 0 aliphatic rings. The third-order valence-electron chi connectivity index (χ3n) is 2.47. The summed E-state index contributed by atoms with van der Waals surface area (Å²) in [6, 6.07) is 4.68. The van der Waals surface area contributed by atoms with Crippen molar-refractivity contribution in [1.82, 2.24) is 0 Å². The van der Waals surface area contributed by atoms with Crippen molar-refractivity contribution < 1.29 is 24.5 Å². The average Bonchev–Trinajstić information content (AvgIpc) is 2.37. The van der Waals surface area contributed by atoms with E-state index in [0.717, 1.165) is 0 Å². The minimum Gasteiger partial charge on any atom is -0.493 e. The first-order valence-corrected chi connectivity index (χ1v) is 5.73. The van der Waals surface area contributed by atoms with Gasteiger partial charge < -0.3 is 19.7 Å². The van der Waals surface area contributed by atoms with E-state index >= 15 is 0 Å². The summed E-state index contributed by atoms with van der Waals surface area (Å²) in [6.45, 7) is 3.18. The number of methoxy groups -OCH3 is 1. The van der Waals surface area contributed by atoms with Crippen molar-refractivity contribution in [2.24, 2.45) is 0 Å². The maximum absolute atomic E-state index is 11.5. The Labute approximate surface area is 106 Å². The molecule has 0 spiro atoms. The van der Waals surface area contributed by atoms with E-state index < -0.39 is 12.4 Å². The Bertz CT molecular complexity index is 414. The topological polar surface area (TPSA) is 76.0 Å². The van der Waals surface area contributed by atoms with E-state index in [9.17, 15) is 9.90 Å². The number of ether oxygens (including phenoxy) is 2. The van der Waals surface area contributed by atoms with E-state index in [1.807, 2.05) is 0 Å². The second-order valence-corrected chi connectivity index (χ2v) is 3.89. The lowest BCUT2D eigenvalue weighted by Crippen LogP contribution is -2.28. The number of rotatable bonds is 6. The van der Waals surface area contributed by atoms with Gasteiger partial charge in [-0.15, -0.1) is 0 Å². The molecule has 0 aliphatic carbocycles. The normalized spacial score (nSPS) is 13.8. The Morgan fingerprint density at radius 1 is 1.33 bits per heavy atom. The molecule has 5 heteroatoms. The van der Waals surface area contributed by atoms with Gasteiger partial charge in [-0.25, -0.2) is 0 Å². The lowest BCUT2D eigenvalue weighted by molar-refractivity contribution is -0.0967. The maximum atomic E-state index is 11.5. The molecule has 1 rings (SSSR count). The van der Waals surface area contributed by atoms with Gasteiger partial charge in [0.2, 0.25) is 6.29 Å². The van der Waals surface area contributed by atoms with Crippen LogP contribution in [0.4, 0.5) is 0 Å². The zero-order valence-electron chi connectivity index (χ0n) is 10.7. The van der Waals surface area contributed by atoms with Gasteiger partial charge in [0, 0.05) is 12.0 Å². The lowest BCUT2D eigenvalue weighted by Gasteiger charge is -2.18. The van der Waals surface area contributed by atoms with E-state index in [1.165, 1.54) is 20.1 Å². The van der Waals surface area contributed by atoms with E-state index in [0.29, 0.717) is 17.7 Å². The predicted molar refractivity (Wildman–Crippen MR) is 65.9 cm³/mol. The molecule has 0 aliphatic heterocycles. The highest BCUT2D eigenvalue weighted by atomic mass is 16.6. The summed E-state index contributed by atoms with van der Waals surface area (Å²) in [5, 5.41) is 18.6. The van der Waals surface area contributed by atoms with Crippen LogP contribution in [-0.2, 0) is 0 Å². The molecule has 0 radical (unpaired) electrons. The van der Waals surface area contributed by atoms with Crippen molar-refractivity contribution in [3.05, 3.63) is 23.8 Å². The summed E-state index contributed by atoms with van der Waals surface area (Å²) in [4.78, 5) is 11.5. The monoisotopic (exact) mass is 254 g/mol. The van der Waals surface area contributed by atoms with Crippen LogP contribution in [0, 0.1) is 0 Å². The zero-order chi connectivity index (χ0) is 13.7. The highest BCUT2D eigenvalue weighted by molar-refractivity contribution is 5.96. The smallest absolute Gasteiger partial charge is 0.223 e. The molecule has 0 saturated carbocycles. The predicted octanol–water partition coefficient (Wildman–Crippen LogP) is 1.37. The van der Waals surface area contributed by atoms with Crippen LogP contribution in [0.5, 0.6) is 11.5 Å². The van der Waals surface area contributed by atoms with Crippen LogP contribution in [0.1, 0.15) is 30.6 Å². The molecule has 0 fully saturated rings. The lowest BCUT2D eigenvalue weighted by atomic mass is 10.1. The summed E-state index contributed by atoms with van der Waals surface area (Å²) in [5.41, 5.74) is 0.522. The summed E-state index contributed by atoms with van der Waals surface area (Å²) in [6.07, 6.45) is -1.96. The molecule has 1 aromatic rings. The molecule has 18 heavy (non-hydrogen) atoms. The Hall–Kier alpha value is -1.59. The number of aliphatic hydroxyl groups is 2. The molecular formula is C13H18O5.